The number of thioether (sulfide) groups is 1. The van der Waals surface area contributed by atoms with Crippen LogP contribution in [0.3, 0.4) is 0 Å². The number of aryl methyl sites for hydroxylation is 1. The van der Waals surface area contributed by atoms with Crippen LogP contribution in [-0.2, 0) is 4.79 Å². The molecule has 0 bridgehead atoms. The van der Waals surface area contributed by atoms with E-state index in [2.05, 4.69) is 25.7 Å². The Hall–Kier alpha value is -3.49. The van der Waals surface area contributed by atoms with Crippen molar-refractivity contribution >= 4 is 35.5 Å². The van der Waals surface area contributed by atoms with Crippen LogP contribution in [0.5, 0.6) is 0 Å². The molecule has 2 aromatic heterocycles. The van der Waals surface area contributed by atoms with Gasteiger partial charge in [-0.25, -0.2) is 5.43 Å². The maximum absolute atomic E-state index is 12.3. The molecule has 1 amide bonds. The summed E-state index contributed by atoms with van der Waals surface area (Å²) in [6.07, 6.45) is 4.88. The van der Waals surface area contributed by atoms with Crippen LogP contribution in [0.1, 0.15) is 11.1 Å². The molecule has 160 valence electrons. The SMILES string of the molecule is Cc1ccc(-n2c(SCC(=O)N/N=C\c3cccnc3)nnc2-c2ccc(Cl)cc2)cc1. The first-order chi connectivity index (χ1) is 15.6. The van der Waals surface area contributed by atoms with Gasteiger partial charge < -0.3 is 0 Å². The number of carbonyl (C=O) groups excluding carboxylic acids is 1. The molecule has 9 heteroatoms. The van der Waals surface area contributed by atoms with E-state index < -0.39 is 0 Å². The van der Waals surface area contributed by atoms with E-state index in [0.717, 1.165) is 22.4 Å². The Balaban J connectivity index is 1.53. The molecule has 2 aromatic carbocycles. The van der Waals surface area contributed by atoms with Crippen molar-refractivity contribution in [3.63, 3.8) is 0 Å². The zero-order chi connectivity index (χ0) is 22.3. The summed E-state index contributed by atoms with van der Waals surface area (Å²) in [5.41, 5.74) is 6.25. The van der Waals surface area contributed by atoms with Crippen molar-refractivity contribution in [3.05, 3.63) is 89.2 Å². The maximum atomic E-state index is 12.3. The van der Waals surface area contributed by atoms with Crippen molar-refractivity contribution < 1.29 is 4.79 Å². The van der Waals surface area contributed by atoms with Crippen molar-refractivity contribution in [2.24, 2.45) is 5.10 Å². The predicted molar refractivity (Wildman–Crippen MR) is 127 cm³/mol. The summed E-state index contributed by atoms with van der Waals surface area (Å²) in [5, 5.41) is 13.9. The number of pyridine rings is 1. The molecular weight excluding hydrogens is 444 g/mol. The third-order valence-electron chi connectivity index (χ3n) is 4.45. The quantitative estimate of drug-likeness (QED) is 0.248. The highest BCUT2D eigenvalue weighted by molar-refractivity contribution is 7.99. The van der Waals surface area contributed by atoms with E-state index in [4.69, 9.17) is 11.6 Å². The second-order valence-corrected chi connectivity index (χ2v) is 8.23. The van der Waals surface area contributed by atoms with Gasteiger partial charge in [0.2, 0.25) is 0 Å². The normalized spacial score (nSPS) is 11.1. The van der Waals surface area contributed by atoms with Crippen molar-refractivity contribution in [1.29, 1.82) is 0 Å². The Kier molecular flexibility index (Phi) is 6.94. The average Bonchev–Trinajstić information content (AvgIpc) is 3.23. The van der Waals surface area contributed by atoms with Gasteiger partial charge in [-0.1, -0.05) is 47.1 Å². The fourth-order valence-electron chi connectivity index (χ4n) is 2.87. The van der Waals surface area contributed by atoms with Crippen LogP contribution in [0, 0.1) is 6.92 Å². The molecule has 1 N–H and O–H groups in total. The molecule has 0 aliphatic heterocycles. The minimum Gasteiger partial charge on any atom is -0.272 e. The average molecular weight is 463 g/mol. The number of rotatable bonds is 7. The maximum Gasteiger partial charge on any atom is 0.250 e. The third-order valence-corrected chi connectivity index (χ3v) is 5.63. The third kappa shape index (κ3) is 5.40. The number of nitrogens with one attached hydrogen (secondary N) is 1. The van der Waals surface area contributed by atoms with E-state index in [9.17, 15) is 4.79 Å². The topological polar surface area (TPSA) is 85.1 Å². The van der Waals surface area contributed by atoms with Gasteiger partial charge in [-0.2, -0.15) is 5.10 Å². The zero-order valence-corrected chi connectivity index (χ0v) is 18.7. The van der Waals surface area contributed by atoms with Gasteiger partial charge in [0.25, 0.3) is 5.91 Å². The molecule has 32 heavy (non-hydrogen) atoms. The Morgan fingerprint density at radius 2 is 1.91 bits per heavy atom. The van der Waals surface area contributed by atoms with E-state index >= 15 is 0 Å². The van der Waals surface area contributed by atoms with E-state index in [-0.39, 0.29) is 11.7 Å². The number of hydrogen-bond donors (Lipinski definition) is 1. The van der Waals surface area contributed by atoms with Crippen LogP contribution in [-0.4, -0.2) is 37.6 Å². The highest BCUT2D eigenvalue weighted by Crippen LogP contribution is 2.28. The molecule has 0 fully saturated rings. The molecular formula is C23H19ClN6OS. The van der Waals surface area contributed by atoms with Crippen LogP contribution in [0.4, 0.5) is 0 Å². The highest BCUT2D eigenvalue weighted by atomic mass is 35.5. The molecule has 0 aliphatic rings. The van der Waals surface area contributed by atoms with Crippen LogP contribution in [0.2, 0.25) is 5.02 Å². The van der Waals surface area contributed by atoms with Crippen molar-refractivity contribution in [2.45, 2.75) is 12.1 Å². The fraction of sp³-hybridized carbons (Fsp3) is 0.0870. The summed E-state index contributed by atoms with van der Waals surface area (Å²) in [7, 11) is 0. The van der Waals surface area contributed by atoms with E-state index in [1.54, 1.807) is 24.7 Å². The zero-order valence-electron chi connectivity index (χ0n) is 17.1. The summed E-state index contributed by atoms with van der Waals surface area (Å²) in [4.78, 5) is 16.3. The second-order valence-electron chi connectivity index (χ2n) is 6.85. The molecule has 4 rings (SSSR count). The number of nitrogens with zero attached hydrogens (tertiary/aromatic N) is 5. The van der Waals surface area contributed by atoms with Gasteiger partial charge >= 0.3 is 0 Å². The lowest BCUT2D eigenvalue weighted by Crippen LogP contribution is -2.20. The van der Waals surface area contributed by atoms with E-state index in [1.165, 1.54) is 11.8 Å². The standard InChI is InChI=1S/C23H19ClN6OS/c1-16-4-10-20(11-5-16)30-22(18-6-8-19(24)9-7-18)28-29-23(30)32-15-21(31)27-26-14-17-3-2-12-25-13-17/h2-14H,15H2,1H3,(H,27,31)/b26-14-. The second kappa shape index (κ2) is 10.2. The lowest BCUT2D eigenvalue weighted by molar-refractivity contribution is -0.118. The number of amides is 1. The van der Waals surface area contributed by atoms with Crippen molar-refractivity contribution in [3.8, 4) is 17.1 Å². The van der Waals surface area contributed by atoms with Crippen LogP contribution >= 0.6 is 23.4 Å². The molecule has 4 aromatic rings. The van der Waals surface area contributed by atoms with Gasteiger partial charge in [-0.15, -0.1) is 10.2 Å². The number of aromatic nitrogens is 4. The Bertz CT molecular complexity index is 1220. The molecule has 0 unspecified atom stereocenters. The molecule has 0 aliphatic carbocycles. The van der Waals surface area contributed by atoms with Gasteiger partial charge in [0, 0.05) is 34.2 Å². The first-order valence-corrected chi connectivity index (χ1v) is 11.1. The summed E-state index contributed by atoms with van der Waals surface area (Å²) < 4.78 is 1.93. The monoisotopic (exact) mass is 462 g/mol. The van der Waals surface area contributed by atoms with Crippen molar-refractivity contribution in [1.82, 2.24) is 25.2 Å². The highest BCUT2D eigenvalue weighted by Gasteiger charge is 2.17. The number of carbonyl (C=O) groups is 1. The summed E-state index contributed by atoms with van der Waals surface area (Å²) in [6.45, 7) is 2.03. The van der Waals surface area contributed by atoms with E-state index in [0.29, 0.717) is 16.0 Å². The summed E-state index contributed by atoms with van der Waals surface area (Å²) >= 11 is 7.32. The minimum atomic E-state index is -0.248. The van der Waals surface area contributed by atoms with Crippen LogP contribution in [0.25, 0.3) is 17.1 Å². The molecule has 0 radical (unpaired) electrons. The smallest absolute Gasteiger partial charge is 0.250 e. The Morgan fingerprint density at radius 1 is 1.12 bits per heavy atom. The molecule has 7 nitrogen and oxygen atoms in total. The lowest BCUT2D eigenvalue weighted by atomic mass is 10.2. The first-order valence-electron chi connectivity index (χ1n) is 9.73. The van der Waals surface area contributed by atoms with Gasteiger partial charge in [0.05, 0.1) is 12.0 Å². The van der Waals surface area contributed by atoms with Gasteiger partial charge in [0.1, 0.15) is 0 Å². The molecule has 2 heterocycles. The summed E-state index contributed by atoms with van der Waals surface area (Å²) in [6, 6.07) is 19.1. The first kappa shape index (κ1) is 21.7. The Labute approximate surface area is 194 Å². The number of hydrogen-bond acceptors (Lipinski definition) is 6. The van der Waals surface area contributed by atoms with Gasteiger partial charge in [-0.3, -0.25) is 14.3 Å². The van der Waals surface area contributed by atoms with E-state index in [1.807, 2.05) is 66.1 Å². The fourth-order valence-corrected chi connectivity index (χ4v) is 3.74. The molecule has 0 saturated heterocycles. The van der Waals surface area contributed by atoms with Gasteiger partial charge in [-0.05, 0) is 49.4 Å². The minimum absolute atomic E-state index is 0.134. The van der Waals surface area contributed by atoms with Crippen molar-refractivity contribution in [2.75, 3.05) is 5.75 Å². The Morgan fingerprint density at radius 3 is 2.62 bits per heavy atom. The number of hydrazone groups is 1. The number of benzene rings is 2. The molecule has 0 atom stereocenters. The molecule has 0 spiro atoms. The lowest BCUT2D eigenvalue weighted by Gasteiger charge is -2.10. The largest absolute Gasteiger partial charge is 0.272 e. The van der Waals surface area contributed by atoms with Crippen LogP contribution in [0.15, 0.2) is 83.3 Å². The van der Waals surface area contributed by atoms with Crippen LogP contribution < -0.4 is 5.43 Å². The number of halogens is 1. The summed E-state index contributed by atoms with van der Waals surface area (Å²) in [5.74, 6) is 0.555. The predicted octanol–water partition coefficient (Wildman–Crippen LogP) is 4.53. The molecule has 0 saturated carbocycles. The van der Waals surface area contributed by atoms with Gasteiger partial charge in [0.15, 0.2) is 11.0 Å².